The van der Waals surface area contributed by atoms with Crippen LogP contribution in [0.1, 0.15) is 38.8 Å². The second-order valence-corrected chi connectivity index (χ2v) is 8.48. The highest BCUT2D eigenvalue weighted by Gasteiger charge is 2.35. The van der Waals surface area contributed by atoms with Crippen LogP contribution in [0.25, 0.3) is 0 Å². The van der Waals surface area contributed by atoms with Gasteiger partial charge in [0.25, 0.3) is 0 Å². The van der Waals surface area contributed by atoms with Gasteiger partial charge in [-0.1, -0.05) is 30.3 Å². The van der Waals surface area contributed by atoms with Crippen LogP contribution < -0.4 is 16.4 Å². The van der Waals surface area contributed by atoms with E-state index in [0.29, 0.717) is 11.4 Å². The lowest BCUT2D eigenvalue weighted by Crippen LogP contribution is -2.25. The van der Waals surface area contributed by atoms with Crippen LogP contribution in [0.4, 0.5) is 22.7 Å². The van der Waals surface area contributed by atoms with Gasteiger partial charge in [0.15, 0.2) is 11.6 Å². The number of carbonyl (C=O) groups excluding carboxylic acids is 3. The summed E-state index contributed by atoms with van der Waals surface area (Å²) < 4.78 is 35.5. The van der Waals surface area contributed by atoms with Gasteiger partial charge in [0.05, 0.1) is 27.4 Å². The van der Waals surface area contributed by atoms with Crippen molar-refractivity contribution < 1.29 is 27.4 Å². The van der Waals surface area contributed by atoms with Crippen molar-refractivity contribution >= 4 is 50.3 Å². The van der Waals surface area contributed by atoms with Crippen molar-refractivity contribution in [1.82, 2.24) is 0 Å². The first-order valence-electron chi connectivity index (χ1n) is 9.33. The summed E-state index contributed by atoms with van der Waals surface area (Å²) in [7, 11) is -5.06. The van der Waals surface area contributed by atoms with Gasteiger partial charge in [0.1, 0.15) is 10.1 Å². The van der Waals surface area contributed by atoms with E-state index in [1.165, 1.54) is 19.1 Å². The molecule has 0 bridgehead atoms. The van der Waals surface area contributed by atoms with E-state index < -0.39 is 32.3 Å². The van der Waals surface area contributed by atoms with E-state index >= 15 is 0 Å². The van der Waals surface area contributed by atoms with Crippen molar-refractivity contribution in [2.45, 2.75) is 11.8 Å². The molecule has 1 amide bonds. The minimum Gasteiger partial charge on any atom is -0.744 e. The zero-order chi connectivity index (χ0) is 23.2. The summed E-state index contributed by atoms with van der Waals surface area (Å²) in [6, 6.07) is 13.4. The maximum absolute atomic E-state index is 13.3. The molecule has 0 spiro atoms. The predicted molar refractivity (Wildman–Crippen MR) is 116 cm³/mol. The van der Waals surface area contributed by atoms with E-state index in [0.717, 1.165) is 6.07 Å². The molecule has 9 nitrogen and oxygen atoms in total. The number of ketones is 2. The highest BCUT2D eigenvalue weighted by Crippen LogP contribution is 2.40. The minimum atomic E-state index is -5.06. The number of amides is 1. The Bertz CT molecular complexity index is 1430. The lowest BCUT2D eigenvalue weighted by molar-refractivity contribution is -0.114. The number of hydrogen-bond donors (Lipinski definition) is 3. The molecule has 0 unspecified atom stereocenters. The topological polar surface area (TPSA) is 158 Å². The van der Waals surface area contributed by atoms with Crippen LogP contribution in [0.15, 0.2) is 59.5 Å². The van der Waals surface area contributed by atoms with Gasteiger partial charge in [-0.05, 0) is 24.3 Å². The standard InChI is InChI=1S/C22H17N3O6S/c1-11(26)24-12-5-4-6-13(9-12)25-16-10-17(32(29,30)31)20(23)19-18(16)21(27)14-7-2-3-8-15(14)22(19)28/h2-10,25H,23H2,1H3,(H,24,26)(H,29,30,31)/p-1. The van der Waals surface area contributed by atoms with Gasteiger partial charge >= 0.3 is 0 Å². The average molecular weight is 450 g/mol. The van der Waals surface area contributed by atoms with Gasteiger partial charge < -0.3 is 20.9 Å². The predicted octanol–water partition coefficient (Wildman–Crippen LogP) is 2.65. The van der Waals surface area contributed by atoms with Crippen molar-refractivity contribution in [2.75, 3.05) is 16.4 Å². The molecule has 0 saturated heterocycles. The van der Waals surface area contributed by atoms with Crippen LogP contribution >= 0.6 is 0 Å². The summed E-state index contributed by atoms with van der Waals surface area (Å²) in [6.07, 6.45) is 0. The molecule has 1 aliphatic rings. The Morgan fingerprint density at radius 3 is 2.09 bits per heavy atom. The summed E-state index contributed by atoms with van der Waals surface area (Å²) in [4.78, 5) is 36.9. The third kappa shape index (κ3) is 3.61. The number of rotatable bonds is 4. The summed E-state index contributed by atoms with van der Waals surface area (Å²) in [6.45, 7) is 1.34. The SMILES string of the molecule is CC(=O)Nc1cccc(Nc2cc(S(=O)(=O)[O-])c(N)c3c2C(=O)c2ccccc2C3=O)c1. The van der Waals surface area contributed by atoms with Gasteiger partial charge in [0, 0.05) is 29.4 Å². The van der Waals surface area contributed by atoms with Crippen molar-refractivity contribution in [3.63, 3.8) is 0 Å². The molecule has 0 fully saturated rings. The number of carbonyl (C=O) groups is 3. The average Bonchev–Trinajstić information content (AvgIpc) is 2.72. The maximum Gasteiger partial charge on any atom is 0.221 e. The third-order valence-corrected chi connectivity index (χ3v) is 5.81. The highest BCUT2D eigenvalue weighted by molar-refractivity contribution is 7.86. The first-order chi connectivity index (χ1) is 15.1. The fraction of sp³-hybridized carbons (Fsp3) is 0.0455. The van der Waals surface area contributed by atoms with Gasteiger partial charge in [-0.25, -0.2) is 8.42 Å². The Balaban J connectivity index is 1.95. The first-order valence-corrected chi connectivity index (χ1v) is 10.7. The number of fused-ring (bicyclic) bond motifs is 2. The zero-order valence-corrected chi connectivity index (χ0v) is 17.4. The third-order valence-electron chi connectivity index (χ3n) is 4.93. The van der Waals surface area contributed by atoms with Crippen LogP contribution in [0.2, 0.25) is 0 Å². The molecule has 0 saturated carbocycles. The Hall–Kier alpha value is -4.02. The molecule has 32 heavy (non-hydrogen) atoms. The summed E-state index contributed by atoms with van der Waals surface area (Å²) >= 11 is 0. The summed E-state index contributed by atoms with van der Waals surface area (Å²) in [5.74, 6) is -1.50. The molecule has 0 atom stereocenters. The van der Waals surface area contributed by atoms with Gasteiger partial charge in [-0.2, -0.15) is 0 Å². The van der Waals surface area contributed by atoms with Crippen molar-refractivity contribution in [3.05, 3.63) is 76.9 Å². The largest absolute Gasteiger partial charge is 0.744 e. The molecule has 0 radical (unpaired) electrons. The van der Waals surface area contributed by atoms with Crippen LogP contribution in [0.5, 0.6) is 0 Å². The molecule has 1 aliphatic carbocycles. The Kier molecular flexibility index (Phi) is 5.03. The molecule has 0 aromatic heterocycles. The second-order valence-electron chi connectivity index (χ2n) is 7.13. The normalized spacial score (nSPS) is 12.7. The Morgan fingerprint density at radius 2 is 1.50 bits per heavy atom. The minimum absolute atomic E-state index is 0.0655. The van der Waals surface area contributed by atoms with Crippen molar-refractivity contribution in [2.24, 2.45) is 0 Å². The zero-order valence-electron chi connectivity index (χ0n) is 16.6. The number of anilines is 4. The van der Waals surface area contributed by atoms with Crippen molar-refractivity contribution in [3.8, 4) is 0 Å². The molecule has 3 aromatic carbocycles. The molecule has 4 rings (SSSR count). The van der Waals surface area contributed by atoms with E-state index in [2.05, 4.69) is 10.6 Å². The van der Waals surface area contributed by atoms with Crippen LogP contribution in [-0.4, -0.2) is 30.4 Å². The highest BCUT2D eigenvalue weighted by atomic mass is 32.2. The molecule has 0 heterocycles. The quantitative estimate of drug-likeness (QED) is 0.316. The van der Waals surface area contributed by atoms with Crippen LogP contribution in [0.3, 0.4) is 0 Å². The fourth-order valence-electron chi connectivity index (χ4n) is 3.63. The molecule has 10 heteroatoms. The molecular weight excluding hydrogens is 434 g/mol. The number of hydrogen-bond acceptors (Lipinski definition) is 8. The maximum atomic E-state index is 13.3. The second kappa shape index (κ2) is 7.59. The van der Waals surface area contributed by atoms with E-state index in [-0.39, 0.29) is 33.8 Å². The van der Waals surface area contributed by atoms with Gasteiger partial charge in [0.2, 0.25) is 5.91 Å². The number of nitrogens with two attached hydrogens (primary N) is 1. The van der Waals surface area contributed by atoms with E-state index in [9.17, 15) is 27.4 Å². The molecule has 4 N–H and O–H groups in total. The number of nitrogens with one attached hydrogen (secondary N) is 2. The van der Waals surface area contributed by atoms with E-state index in [1.807, 2.05) is 0 Å². The molecule has 162 valence electrons. The number of benzene rings is 3. The first kappa shape index (κ1) is 21.2. The lowest BCUT2D eigenvalue weighted by Gasteiger charge is -2.25. The smallest absolute Gasteiger partial charge is 0.221 e. The Labute approximate surface area is 183 Å². The number of nitrogen functional groups attached to an aromatic ring is 1. The van der Waals surface area contributed by atoms with E-state index in [1.54, 1.807) is 36.4 Å². The Morgan fingerprint density at radius 1 is 0.906 bits per heavy atom. The van der Waals surface area contributed by atoms with E-state index in [4.69, 9.17) is 5.73 Å². The summed E-state index contributed by atoms with van der Waals surface area (Å²) in [5, 5.41) is 5.48. The van der Waals surface area contributed by atoms with Crippen LogP contribution in [-0.2, 0) is 14.9 Å². The monoisotopic (exact) mass is 450 g/mol. The lowest BCUT2D eigenvalue weighted by atomic mass is 9.82. The van der Waals surface area contributed by atoms with Gasteiger partial charge in [-0.3, -0.25) is 14.4 Å². The fourth-order valence-corrected chi connectivity index (χ4v) is 4.27. The van der Waals surface area contributed by atoms with Crippen molar-refractivity contribution in [1.29, 1.82) is 0 Å². The molecular formula is C22H16N3O6S-. The van der Waals surface area contributed by atoms with Crippen LogP contribution in [0, 0.1) is 0 Å². The molecule has 0 aliphatic heterocycles. The van der Waals surface area contributed by atoms with Gasteiger partial charge in [-0.15, -0.1) is 0 Å². The summed E-state index contributed by atoms with van der Waals surface area (Å²) in [5.41, 5.74) is 5.81. The molecule has 3 aromatic rings.